The summed E-state index contributed by atoms with van der Waals surface area (Å²) in [5, 5.41) is 7.18. The summed E-state index contributed by atoms with van der Waals surface area (Å²) in [5.74, 6) is 1.19. The zero-order chi connectivity index (χ0) is 16.9. The van der Waals surface area contributed by atoms with E-state index < -0.39 is 12.6 Å². The predicted molar refractivity (Wildman–Crippen MR) is 77.8 cm³/mol. The Morgan fingerprint density at radius 3 is 2.79 bits per heavy atom. The van der Waals surface area contributed by atoms with Crippen LogP contribution in [0.15, 0.2) is 18.3 Å². The van der Waals surface area contributed by atoms with Gasteiger partial charge in [0, 0.05) is 40.8 Å². The molecule has 0 aliphatic heterocycles. The summed E-state index contributed by atoms with van der Waals surface area (Å²) in [6.07, 6.45) is -3.41. The molecule has 0 saturated heterocycles. The van der Waals surface area contributed by atoms with Crippen molar-refractivity contribution in [2.75, 3.05) is 5.73 Å². The lowest BCUT2D eigenvalue weighted by Gasteiger charge is -2.09. The molecule has 4 atom stereocenters. The second-order valence-electron chi connectivity index (χ2n) is 6.94. The predicted octanol–water partition coefficient (Wildman–Crippen LogP) is 2.25. The Hall–Kier alpha value is -2.38. The second-order valence-corrected chi connectivity index (χ2v) is 6.94. The molecule has 4 fully saturated rings. The van der Waals surface area contributed by atoms with E-state index in [1.807, 2.05) is 6.07 Å². The maximum absolute atomic E-state index is 12.6. The number of H-pyrrole nitrogens is 1. The lowest BCUT2D eigenvalue weighted by atomic mass is 10.0. The first-order valence-electron chi connectivity index (χ1n) is 7.72. The number of nitrogens with one attached hydrogen (secondary N) is 1. The minimum atomic E-state index is -4.35. The molecule has 4 aliphatic rings. The van der Waals surface area contributed by atoms with Crippen LogP contribution in [0.25, 0.3) is 11.3 Å². The SMILES string of the molecule is Nc1ncc(-c2cc([C@@]34C5C(=O)C[C@H]3[C@@H]54)[nH]n2)cc1CC(F)(F)F. The number of carbonyl (C=O) groups is 1. The number of ketones is 1. The number of aromatic amines is 1. The van der Waals surface area contributed by atoms with Gasteiger partial charge in [-0.2, -0.15) is 18.3 Å². The smallest absolute Gasteiger partial charge is 0.383 e. The van der Waals surface area contributed by atoms with Crippen molar-refractivity contribution in [3.8, 4) is 11.3 Å². The largest absolute Gasteiger partial charge is 0.393 e. The molecular formula is C16H13F3N4O. The van der Waals surface area contributed by atoms with Crippen LogP contribution in [0.4, 0.5) is 19.0 Å². The first-order valence-corrected chi connectivity index (χ1v) is 7.72. The average Bonchev–Trinajstić information content (AvgIpc) is 3.07. The molecule has 124 valence electrons. The quantitative estimate of drug-likeness (QED) is 0.901. The van der Waals surface area contributed by atoms with Gasteiger partial charge in [0.15, 0.2) is 0 Å². The van der Waals surface area contributed by atoms with E-state index in [4.69, 9.17) is 5.73 Å². The lowest BCUT2D eigenvalue weighted by Crippen LogP contribution is -2.13. The van der Waals surface area contributed by atoms with Crippen LogP contribution in [0.3, 0.4) is 0 Å². The van der Waals surface area contributed by atoms with Gasteiger partial charge in [-0.15, -0.1) is 0 Å². The highest BCUT2D eigenvalue weighted by molar-refractivity contribution is 5.97. The molecule has 24 heavy (non-hydrogen) atoms. The van der Waals surface area contributed by atoms with Crippen LogP contribution in [-0.4, -0.2) is 27.1 Å². The number of nitrogen functional groups attached to an aromatic ring is 1. The van der Waals surface area contributed by atoms with E-state index in [1.165, 1.54) is 12.3 Å². The van der Waals surface area contributed by atoms with Crippen molar-refractivity contribution in [3.63, 3.8) is 0 Å². The number of rotatable bonds is 3. The van der Waals surface area contributed by atoms with E-state index in [2.05, 4.69) is 15.2 Å². The van der Waals surface area contributed by atoms with E-state index >= 15 is 0 Å². The number of carbonyl (C=O) groups excluding carboxylic acids is 1. The van der Waals surface area contributed by atoms with Crippen molar-refractivity contribution in [1.29, 1.82) is 0 Å². The van der Waals surface area contributed by atoms with E-state index in [0.717, 1.165) is 5.69 Å². The van der Waals surface area contributed by atoms with Gasteiger partial charge in [0.2, 0.25) is 0 Å². The average molecular weight is 334 g/mol. The van der Waals surface area contributed by atoms with Gasteiger partial charge in [0.1, 0.15) is 11.6 Å². The molecule has 0 amide bonds. The number of fused-ring (bicyclic) bond motifs is 1. The fourth-order valence-electron chi connectivity index (χ4n) is 4.65. The minimum absolute atomic E-state index is 0.0572. The zero-order valence-corrected chi connectivity index (χ0v) is 12.4. The molecule has 1 unspecified atom stereocenters. The molecule has 2 heterocycles. The molecule has 8 heteroatoms. The third-order valence-corrected chi connectivity index (χ3v) is 5.75. The van der Waals surface area contributed by atoms with Crippen molar-refractivity contribution < 1.29 is 18.0 Å². The van der Waals surface area contributed by atoms with Gasteiger partial charge in [-0.05, 0) is 24.0 Å². The van der Waals surface area contributed by atoms with E-state index in [1.54, 1.807) is 0 Å². The highest BCUT2D eigenvalue weighted by Crippen LogP contribution is 2.89. The molecule has 0 radical (unpaired) electrons. The van der Waals surface area contributed by atoms with Crippen molar-refractivity contribution in [1.82, 2.24) is 15.2 Å². The summed E-state index contributed by atoms with van der Waals surface area (Å²) in [7, 11) is 0. The van der Waals surface area contributed by atoms with E-state index in [0.29, 0.717) is 35.3 Å². The summed E-state index contributed by atoms with van der Waals surface area (Å²) >= 11 is 0. The third kappa shape index (κ3) is 1.63. The van der Waals surface area contributed by atoms with Crippen molar-refractivity contribution in [2.45, 2.75) is 24.4 Å². The van der Waals surface area contributed by atoms with Crippen LogP contribution < -0.4 is 5.73 Å². The lowest BCUT2D eigenvalue weighted by molar-refractivity contribution is -0.127. The molecule has 4 aliphatic carbocycles. The van der Waals surface area contributed by atoms with Crippen molar-refractivity contribution >= 4 is 11.6 Å². The zero-order valence-electron chi connectivity index (χ0n) is 12.4. The number of alkyl halides is 3. The van der Waals surface area contributed by atoms with Gasteiger partial charge >= 0.3 is 6.18 Å². The summed E-state index contributed by atoms with van der Waals surface area (Å²) < 4.78 is 37.9. The summed E-state index contributed by atoms with van der Waals surface area (Å²) in [6, 6.07) is 3.21. The highest BCUT2D eigenvalue weighted by atomic mass is 19.4. The molecule has 2 bridgehead atoms. The topological polar surface area (TPSA) is 84.7 Å². The van der Waals surface area contributed by atoms with Gasteiger partial charge in [-0.3, -0.25) is 9.89 Å². The Morgan fingerprint density at radius 2 is 2.17 bits per heavy atom. The number of hydrogen-bond donors (Lipinski definition) is 2. The van der Waals surface area contributed by atoms with Crippen LogP contribution in [0.1, 0.15) is 17.7 Å². The van der Waals surface area contributed by atoms with E-state index in [9.17, 15) is 18.0 Å². The second kappa shape index (κ2) is 3.99. The molecular weight excluding hydrogens is 321 g/mol. The van der Waals surface area contributed by atoms with Gasteiger partial charge in [0.25, 0.3) is 0 Å². The minimum Gasteiger partial charge on any atom is -0.383 e. The number of aromatic nitrogens is 3. The van der Waals surface area contributed by atoms with Crippen LogP contribution in [0.2, 0.25) is 0 Å². The molecule has 2 aromatic heterocycles. The summed E-state index contributed by atoms with van der Waals surface area (Å²) in [6.45, 7) is 0. The number of halogens is 3. The Bertz CT molecular complexity index is 884. The molecule has 0 aromatic carbocycles. The van der Waals surface area contributed by atoms with Gasteiger partial charge in [-0.25, -0.2) is 4.98 Å². The molecule has 2 aromatic rings. The molecule has 5 nitrogen and oxygen atoms in total. The number of hydrogen-bond acceptors (Lipinski definition) is 4. The van der Waals surface area contributed by atoms with Gasteiger partial charge in [0.05, 0.1) is 12.1 Å². The normalized spacial score (nSPS) is 32.8. The number of pyridine rings is 1. The van der Waals surface area contributed by atoms with Gasteiger partial charge < -0.3 is 5.73 Å². The Labute approximate surface area is 134 Å². The fraction of sp³-hybridized carbons (Fsp3) is 0.438. The Kier molecular flexibility index (Phi) is 2.33. The van der Waals surface area contributed by atoms with Crippen LogP contribution >= 0.6 is 0 Å². The maximum Gasteiger partial charge on any atom is 0.393 e. The summed E-state index contributed by atoms with van der Waals surface area (Å²) in [4.78, 5) is 15.6. The van der Waals surface area contributed by atoms with Crippen LogP contribution in [0.5, 0.6) is 0 Å². The molecule has 0 spiro atoms. The first kappa shape index (κ1) is 14.0. The summed E-state index contributed by atoms with van der Waals surface area (Å²) in [5.41, 5.74) is 7.36. The van der Waals surface area contributed by atoms with Crippen LogP contribution in [0, 0.1) is 17.8 Å². The molecule has 6 rings (SSSR count). The Balaban J connectivity index is 1.46. The Morgan fingerprint density at radius 1 is 1.38 bits per heavy atom. The number of Topliss-reactive ketones (excluding diaryl/α,β-unsaturated/α-hetero) is 1. The monoisotopic (exact) mass is 334 g/mol. The third-order valence-electron chi connectivity index (χ3n) is 5.75. The number of nitrogens with zero attached hydrogens (tertiary/aromatic N) is 2. The van der Waals surface area contributed by atoms with Gasteiger partial charge in [-0.1, -0.05) is 0 Å². The highest BCUT2D eigenvalue weighted by Gasteiger charge is 2.93. The molecule has 4 saturated carbocycles. The van der Waals surface area contributed by atoms with Crippen molar-refractivity contribution in [2.24, 2.45) is 17.8 Å². The number of anilines is 1. The first-order chi connectivity index (χ1) is 11.3. The molecule has 3 N–H and O–H groups in total. The van der Waals surface area contributed by atoms with Crippen LogP contribution in [-0.2, 0) is 16.6 Å². The van der Waals surface area contributed by atoms with Crippen molar-refractivity contribution in [3.05, 3.63) is 29.6 Å². The maximum atomic E-state index is 12.6. The standard InChI is InChI=1S/C16H13F3N4O/c17-15(18,19)4-6-1-7(5-21-14(6)20)9-3-11(23-22-9)16-8-2-10(24)13(16)12(8)16/h1,3,5,8,12-13H,2,4H2,(H2,20,21)(H,22,23)/t8-,12-,13?,16-/m0/s1. The van der Waals surface area contributed by atoms with E-state index in [-0.39, 0.29) is 22.7 Å². The number of nitrogens with two attached hydrogens (primary N) is 1. The fourth-order valence-corrected chi connectivity index (χ4v) is 4.65.